The Morgan fingerprint density at radius 1 is 1.17 bits per heavy atom. The highest BCUT2D eigenvalue weighted by molar-refractivity contribution is 7.87. The van der Waals surface area contributed by atoms with Gasteiger partial charge in [0.25, 0.3) is 10.2 Å². The predicted octanol–water partition coefficient (Wildman–Crippen LogP) is 0.591. The van der Waals surface area contributed by atoms with Gasteiger partial charge in [-0.05, 0) is 51.5 Å². The van der Waals surface area contributed by atoms with Crippen molar-refractivity contribution in [1.29, 1.82) is 0 Å². The molecule has 2 heterocycles. The fourth-order valence-electron chi connectivity index (χ4n) is 3.46. The Kier molecular flexibility index (Phi) is 3.38. The van der Waals surface area contributed by atoms with Crippen molar-refractivity contribution in [3.63, 3.8) is 0 Å². The molecular weight excluding hydrogens is 250 g/mol. The Balaban J connectivity index is 1.61. The Bertz CT molecular complexity index is 400. The number of hydrogen-bond donors (Lipinski definition) is 2. The number of piperidine rings is 1. The van der Waals surface area contributed by atoms with Crippen LogP contribution in [0.25, 0.3) is 0 Å². The van der Waals surface area contributed by atoms with Crippen LogP contribution in [0.5, 0.6) is 0 Å². The molecule has 1 aliphatic carbocycles. The van der Waals surface area contributed by atoms with Gasteiger partial charge in [0.05, 0.1) is 0 Å². The molecule has 2 saturated heterocycles. The van der Waals surface area contributed by atoms with Crippen LogP contribution in [-0.2, 0) is 10.2 Å². The quantitative estimate of drug-likeness (QED) is 0.791. The Morgan fingerprint density at radius 3 is 2.50 bits per heavy atom. The summed E-state index contributed by atoms with van der Waals surface area (Å²) in [5.41, 5.74) is 0.246. The topological polar surface area (TPSA) is 61.4 Å². The van der Waals surface area contributed by atoms with Crippen LogP contribution >= 0.6 is 0 Å². The van der Waals surface area contributed by atoms with E-state index in [0.717, 1.165) is 32.2 Å². The van der Waals surface area contributed by atoms with Gasteiger partial charge in [-0.1, -0.05) is 0 Å². The SMILES string of the molecule is O=S(=O)(NC1CCNC2(CCC2)C1)N1CCCC1. The van der Waals surface area contributed by atoms with Crippen LogP contribution in [-0.4, -0.2) is 43.9 Å². The molecule has 0 amide bonds. The zero-order valence-corrected chi connectivity index (χ0v) is 11.6. The third-order valence-electron chi connectivity index (χ3n) is 4.66. The molecule has 1 unspecified atom stereocenters. The second-order valence-electron chi connectivity index (χ2n) is 5.98. The van der Waals surface area contributed by atoms with Crippen LogP contribution in [0, 0.1) is 0 Å². The first-order chi connectivity index (χ1) is 8.60. The molecule has 6 heteroatoms. The van der Waals surface area contributed by atoms with Crippen LogP contribution in [0.3, 0.4) is 0 Å². The highest BCUT2D eigenvalue weighted by atomic mass is 32.2. The van der Waals surface area contributed by atoms with E-state index in [-0.39, 0.29) is 11.6 Å². The van der Waals surface area contributed by atoms with Crippen molar-refractivity contribution in [3.8, 4) is 0 Å². The molecular formula is C12H23N3O2S. The van der Waals surface area contributed by atoms with Crippen molar-refractivity contribution in [3.05, 3.63) is 0 Å². The fourth-order valence-corrected chi connectivity index (χ4v) is 4.97. The van der Waals surface area contributed by atoms with Crippen LogP contribution in [0.4, 0.5) is 0 Å². The maximum absolute atomic E-state index is 12.2. The molecule has 0 bridgehead atoms. The standard InChI is InChI=1S/C12H23N3O2S/c16-18(17,15-8-1-2-9-15)14-11-4-7-13-12(10-11)5-3-6-12/h11,13-14H,1-10H2. The zero-order valence-electron chi connectivity index (χ0n) is 10.8. The largest absolute Gasteiger partial charge is 0.311 e. The van der Waals surface area contributed by atoms with Gasteiger partial charge < -0.3 is 5.32 Å². The molecule has 5 nitrogen and oxygen atoms in total. The summed E-state index contributed by atoms with van der Waals surface area (Å²) >= 11 is 0. The molecule has 1 saturated carbocycles. The van der Waals surface area contributed by atoms with Crippen LogP contribution < -0.4 is 10.0 Å². The Labute approximate surface area is 109 Å². The summed E-state index contributed by atoms with van der Waals surface area (Å²) in [4.78, 5) is 0. The first-order valence-electron chi connectivity index (χ1n) is 7.12. The van der Waals surface area contributed by atoms with Crippen molar-refractivity contribution in [1.82, 2.24) is 14.3 Å². The Hall–Kier alpha value is -0.170. The van der Waals surface area contributed by atoms with Gasteiger partial charge in [0.2, 0.25) is 0 Å². The van der Waals surface area contributed by atoms with Gasteiger partial charge in [0.1, 0.15) is 0 Å². The second-order valence-corrected chi connectivity index (χ2v) is 7.68. The van der Waals surface area contributed by atoms with Gasteiger partial charge in [0, 0.05) is 24.7 Å². The molecule has 0 radical (unpaired) electrons. The molecule has 18 heavy (non-hydrogen) atoms. The van der Waals surface area contributed by atoms with E-state index in [4.69, 9.17) is 0 Å². The number of hydrogen-bond acceptors (Lipinski definition) is 3. The van der Waals surface area contributed by atoms with E-state index in [1.54, 1.807) is 4.31 Å². The van der Waals surface area contributed by atoms with Crippen LogP contribution in [0.2, 0.25) is 0 Å². The average molecular weight is 273 g/mol. The number of rotatable bonds is 3. The third kappa shape index (κ3) is 2.43. The minimum absolute atomic E-state index is 0.122. The van der Waals surface area contributed by atoms with Crippen molar-refractivity contribution in [2.45, 2.75) is 56.5 Å². The first-order valence-corrected chi connectivity index (χ1v) is 8.56. The minimum Gasteiger partial charge on any atom is -0.311 e. The average Bonchev–Trinajstić information content (AvgIpc) is 2.80. The van der Waals surface area contributed by atoms with Gasteiger partial charge in [-0.15, -0.1) is 0 Å². The lowest BCUT2D eigenvalue weighted by Gasteiger charge is -2.48. The molecule has 1 atom stereocenters. The normalized spacial score (nSPS) is 32.6. The summed E-state index contributed by atoms with van der Waals surface area (Å²) in [5.74, 6) is 0. The van der Waals surface area contributed by atoms with Crippen molar-refractivity contribution in [2.24, 2.45) is 0 Å². The molecule has 0 aromatic heterocycles. The monoisotopic (exact) mass is 273 g/mol. The van der Waals surface area contributed by atoms with E-state index in [1.165, 1.54) is 19.3 Å². The summed E-state index contributed by atoms with van der Waals surface area (Å²) in [5, 5.41) is 3.57. The predicted molar refractivity (Wildman–Crippen MR) is 70.5 cm³/mol. The number of nitrogens with one attached hydrogen (secondary N) is 2. The van der Waals surface area contributed by atoms with Gasteiger partial charge in [-0.25, -0.2) is 0 Å². The summed E-state index contributed by atoms with van der Waals surface area (Å²) in [6.07, 6.45) is 7.55. The molecule has 0 aromatic rings. The second kappa shape index (κ2) is 4.74. The van der Waals surface area contributed by atoms with Crippen molar-refractivity contribution in [2.75, 3.05) is 19.6 Å². The lowest BCUT2D eigenvalue weighted by atomic mass is 9.70. The summed E-state index contributed by atoms with van der Waals surface area (Å²) in [6.45, 7) is 2.31. The van der Waals surface area contributed by atoms with E-state index >= 15 is 0 Å². The molecule has 104 valence electrons. The highest BCUT2D eigenvalue weighted by Gasteiger charge is 2.42. The van der Waals surface area contributed by atoms with E-state index in [1.807, 2.05) is 0 Å². The van der Waals surface area contributed by atoms with E-state index in [2.05, 4.69) is 10.0 Å². The minimum atomic E-state index is -3.24. The van der Waals surface area contributed by atoms with E-state index < -0.39 is 10.2 Å². The summed E-state index contributed by atoms with van der Waals surface area (Å²) in [6, 6.07) is 0.122. The smallest absolute Gasteiger partial charge is 0.279 e. The maximum Gasteiger partial charge on any atom is 0.279 e. The van der Waals surface area contributed by atoms with Crippen LogP contribution in [0.15, 0.2) is 0 Å². The lowest BCUT2D eigenvalue weighted by Crippen LogP contribution is -2.60. The third-order valence-corrected chi connectivity index (χ3v) is 6.34. The zero-order chi connectivity index (χ0) is 12.6. The van der Waals surface area contributed by atoms with E-state index in [9.17, 15) is 8.42 Å². The lowest BCUT2D eigenvalue weighted by molar-refractivity contribution is 0.125. The highest BCUT2D eigenvalue weighted by Crippen LogP contribution is 2.38. The first kappa shape index (κ1) is 12.8. The van der Waals surface area contributed by atoms with Crippen molar-refractivity contribution >= 4 is 10.2 Å². The van der Waals surface area contributed by atoms with Gasteiger partial charge >= 0.3 is 0 Å². The molecule has 2 aliphatic heterocycles. The summed E-state index contributed by atoms with van der Waals surface area (Å²) < 4.78 is 28.9. The molecule has 3 rings (SSSR count). The van der Waals surface area contributed by atoms with Gasteiger partial charge in [-0.2, -0.15) is 17.4 Å². The molecule has 3 fully saturated rings. The van der Waals surface area contributed by atoms with Crippen molar-refractivity contribution < 1.29 is 8.42 Å². The molecule has 1 spiro atoms. The van der Waals surface area contributed by atoms with Gasteiger partial charge in [-0.3, -0.25) is 0 Å². The molecule has 3 aliphatic rings. The van der Waals surface area contributed by atoms with E-state index in [0.29, 0.717) is 13.1 Å². The summed E-state index contributed by atoms with van der Waals surface area (Å²) in [7, 11) is -3.24. The molecule has 2 N–H and O–H groups in total. The number of nitrogens with zero attached hydrogens (tertiary/aromatic N) is 1. The fraction of sp³-hybridized carbons (Fsp3) is 1.00. The maximum atomic E-state index is 12.2. The Morgan fingerprint density at radius 2 is 1.89 bits per heavy atom. The molecule has 0 aromatic carbocycles. The van der Waals surface area contributed by atoms with Crippen LogP contribution in [0.1, 0.15) is 44.9 Å². The van der Waals surface area contributed by atoms with Gasteiger partial charge in [0.15, 0.2) is 0 Å².